The number of nitrogens with zero attached hydrogens (tertiary/aromatic N) is 3. The standard InChI is InChI=1S/C28H21N3O5S/c1-2-34-27(33)23-24(18-6-4-3-5-7-18)30-28-31(25(23)19-8-9-20-21(15-19)36-16-35-20)26(32)22(37-28)14-17-10-12-29-13-11-17/h3-15,25H,2,16H2,1H3. The molecule has 2 aliphatic rings. The molecule has 0 saturated heterocycles. The Hall–Kier alpha value is -4.50. The van der Waals surface area contributed by atoms with Crippen LogP contribution in [0.3, 0.4) is 0 Å². The van der Waals surface area contributed by atoms with E-state index in [1.54, 1.807) is 42.1 Å². The molecule has 0 fully saturated rings. The van der Waals surface area contributed by atoms with E-state index >= 15 is 0 Å². The first kappa shape index (κ1) is 22.9. The Kier molecular flexibility index (Phi) is 5.90. The van der Waals surface area contributed by atoms with E-state index in [0.717, 1.165) is 11.1 Å². The summed E-state index contributed by atoms with van der Waals surface area (Å²) >= 11 is 1.27. The third-order valence-electron chi connectivity index (χ3n) is 6.09. The van der Waals surface area contributed by atoms with E-state index in [2.05, 4.69) is 4.98 Å². The highest BCUT2D eigenvalue weighted by molar-refractivity contribution is 7.07. The summed E-state index contributed by atoms with van der Waals surface area (Å²) in [5.41, 5.74) is 2.79. The number of aromatic nitrogens is 2. The fourth-order valence-electron chi connectivity index (χ4n) is 4.45. The highest BCUT2D eigenvalue weighted by atomic mass is 32.1. The van der Waals surface area contributed by atoms with Crippen molar-refractivity contribution in [3.05, 3.63) is 115 Å². The maximum absolute atomic E-state index is 13.8. The first-order valence-electron chi connectivity index (χ1n) is 11.7. The lowest BCUT2D eigenvalue weighted by molar-refractivity contribution is -0.138. The van der Waals surface area contributed by atoms with Crippen LogP contribution in [0.2, 0.25) is 0 Å². The normalized spacial score (nSPS) is 16.4. The van der Waals surface area contributed by atoms with Crippen molar-refractivity contribution in [1.82, 2.24) is 9.55 Å². The van der Waals surface area contributed by atoms with Gasteiger partial charge in [0.15, 0.2) is 16.3 Å². The number of fused-ring (bicyclic) bond motifs is 2. The Morgan fingerprint density at radius 1 is 1.11 bits per heavy atom. The smallest absolute Gasteiger partial charge is 0.338 e. The zero-order valence-corrected chi connectivity index (χ0v) is 20.6. The predicted molar refractivity (Wildman–Crippen MR) is 138 cm³/mol. The maximum Gasteiger partial charge on any atom is 0.338 e. The molecule has 8 nitrogen and oxygen atoms in total. The number of ether oxygens (including phenoxy) is 3. The van der Waals surface area contributed by atoms with Gasteiger partial charge in [-0.3, -0.25) is 14.3 Å². The third-order valence-corrected chi connectivity index (χ3v) is 7.07. The number of rotatable bonds is 5. The molecule has 0 N–H and O–H groups in total. The van der Waals surface area contributed by atoms with E-state index in [-0.39, 0.29) is 24.5 Å². The number of hydrogen-bond donors (Lipinski definition) is 0. The van der Waals surface area contributed by atoms with Crippen LogP contribution >= 0.6 is 11.3 Å². The van der Waals surface area contributed by atoms with Gasteiger partial charge in [-0.2, -0.15) is 0 Å². The zero-order valence-electron chi connectivity index (χ0n) is 19.8. The first-order valence-corrected chi connectivity index (χ1v) is 12.5. The third kappa shape index (κ3) is 4.13. The van der Waals surface area contributed by atoms with Crippen LogP contribution in [-0.4, -0.2) is 28.9 Å². The Labute approximate surface area is 215 Å². The fourth-order valence-corrected chi connectivity index (χ4v) is 5.45. The van der Waals surface area contributed by atoms with Crippen molar-refractivity contribution in [2.45, 2.75) is 13.0 Å². The van der Waals surface area contributed by atoms with E-state index in [1.165, 1.54) is 11.3 Å². The van der Waals surface area contributed by atoms with Crippen molar-refractivity contribution >= 4 is 29.1 Å². The van der Waals surface area contributed by atoms with Gasteiger partial charge in [0, 0.05) is 18.0 Å². The molecule has 184 valence electrons. The molecule has 6 rings (SSSR count). The average molecular weight is 512 g/mol. The zero-order chi connectivity index (χ0) is 25.4. The van der Waals surface area contributed by atoms with Crippen LogP contribution in [0.15, 0.2) is 88.4 Å². The SMILES string of the molecule is CCOC(=O)C1=C(c2ccccc2)N=c2sc(=Cc3ccncc3)c(=O)n2C1c1ccc2c(c1)OCO2. The van der Waals surface area contributed by atoms with Gasteiger partial charge >= 0.3 is 5.97 Å². The molecule has 4 aromatic rings. The van der Waals surface area contributed by atoms with E-state index < -0.39 is 12.0 Å². The molecule has 9 heteroatoms. The quantitative estimate of drug-likeness (QED) is 0.383. The van der Waals surface area contributed by atoms with E-state index in [9.17, 15) is 9.59 Å². The van der Waals surface area contributed by atoms with Crippen molar-refractivity contribution in [3.63, 3.8) is 0 Å². The van der Waals surface area contributed by atoms with E-state index in [0.29, 0.717) is 32.1 Å². The summed E-state index contributed by atoms with van der Waals surface area (Å²) in [6.07, 6.45) is 5.15. The van der Waals surface area contributed by atoms with Gasteiger partial charge in [-0.25, -0.2) is 9.79 Å². The highest BCUT2D eigenvalue weighted by Crippen LogP contribution is 2.39. The van der Waals surface area contributed by atoms with Crippen molar-refractivity contribution in [2.75, 3.05) is 13.4 Å². The summed E-state index contributed by atoms with van der Waals surface area (Å²) in [4.78, 5) is 36.7. The van der Waals surface area contributed by atoms with Gasteiger partial charge in [-0.1, -0.05) is 47.7 Å². The molecule has 2 aliphatic heterocycles. The molecule has 0 amide bonds. The number of esters is 1. The van der Waals surface area contributed by atoms with Crippen LogP contribution < -0.4 is 24.4 Å². The molecule has 37 heavy (non-hydrogen) atoms. The summed E-state index contributed by atoms with van der Waals surface area (Å²) in [5.74, 6) is 0.632. The van der Waals surface area contributed by atoms with Gasteiger partial charge in [0.1, 0.15) is 0 Å². The highest BCUT2D eigenvalue weighted by Gasteiger charge is 2.36. The predicted octanol–water partition coefficient (Wildman–Crippen LogP) is 3.06. The Bertz CT molecular complexity index is 1710. The van der Waals surface area contributed by atoms with Crippen molar-refractivity contribution in [2.24, 2.45) is 4.99 Å². The minimum absolute atomic E-state index is 0.114. The number of carbonyl (C=O) groups is 1. The molecule has 4 heterocycles. The largest absolute Gasteiger partial charge is 0.463 e. The van der Waals surface area contributed by atoms with Crippen molar-refractivity contribution < 1.29 is 19.0 Å². The summed E-state index contributed by atoms with van der Waals surface area (Å²) in [6.45, 7) is 2.05. The van der Waals surface area contributed by atoms with Crippen molar-refractivity contribution in [1.29, 1.82) is 0 Å². The van der Waals surface area contributed by atoms with E-state index in [1.807, 2.05) is 48.5 Å². The Balaban J connectivity index is 1.66. The summed E-state index contributed by atoms with van der Waals surface area (Å²) in [5, 5.41) is 0. The van der Waals surface area contributed by atoms with Crippen LogP contribution in [0, 0.1) is 0 Å². The van der Waals surface area contributed by atoms with Gasteiger partial charge in [-0.15, -0.1) is 0 Å². The topological polar surface area (TPSA) is 92.0 Å². The number of hydrogen-bond acceptors (Lipinski definition) is 8. The molecular weight excluding hydrogens is 490 g/mol. The molecule has 1 atom stereocenters. The molecule has 0 aliphatic carbocycles. The van der Waals surface area contributed by atoms with E-state index in [4.69, 9.17) is 19.2 Å². The summed E-state index contributed by atoms with van der Waals surface area (Å²) in [6, 6.07) is 17.8. The van der Waals surface area contributed by atoms with Crippen LogP contribution in [-0.2, 0) is 9.53 Å². The molecule has 2 aromatic heterocycles. The molecule has 0 spiro atoms. The lowest BCUT2D eigenvalue weighted by Crippen LogP contribution is -2.40. The number of thiazole rings is 1. The van der Waals surface area contributed by atoms with Crippen molar-refractivity contribution in [3.8, 4) is 11.5 Å². The van der Waals surface area contributed by atoms with Crippen LogP contribution in [0.25, 0.3) is 11.8 Å². The van der Waals surface area contributed by atoms with Gasteiger partial charge in [0.2, 0.25) is 6.79 Å². The van der Waals surface area contributed by atoms with Gasteiger partial charge < -0.3 is 14.2 Å². The lowest BCUT2D eigenvalue weighted by atomic mass is 9.93. The molecule has 0 radical (unpaired) electrons. The number of carbonyl (C=O) groups excluding carboxylic acids is 1. The molecule has 2 aromatic carbocycles. The molecular formula is C28H21N3O5S. The maximum atomic E-state index is 13.8. The minimum atomic E-state index is -0.778. The summed E-state index contributed by atoms with van der Waals surface area (Å²) < 4.78 is 18.7. The average Bonchev–Trinajstić information content (AvgIpc) is 3.52. The van der Waals surface area contributed by atoms with Gasteiger partial charge in [0.05, 0.1) is 28.5 Å². The van der Waals surface area contributed by atoms with Crippen LogP contribution in [0.4, 0.5) is 0 Å². The molecule has 0 saturated carbocycles. The minimum Gasteiger partial charge on any atom is -0.463 e. The van der Waals surface area contributed by atoms with Gasteiger partial charge in [0.25, 0.3) is 5.56 Å². The number of benzene rings is 2. The molecule has 1 unspecified atom stereocenters. The van der Waals surface area contributed by atoms with Crippen LogP contribution in [0.5, 0.6) is 11.5 Å². The second-order valence-corrected chi connectivity index (χ2v) is 9.33. The summed E-state index contributed by atoms with van der Waals surface area (Å²) in [7, 11) is 0. The number of pyridine rings is 1. The lowest BCUT2D eigenvalue weighted by Gasteiger charge is -2.26. The Morgan fingerprint density at radius 3 is 2.68 bits per heavy atom. The first-order chi connectivity index (χ1) is 18.1. The van der Waals surface area contributed by atoms with Crippen LogP contribution in [0.1, 0.15) is 29.7 Å². The second kappa shape index (κ2) is 9.51. The fraction of sp³-hybridized carbons (Fsp3) is 0.143. The van der Waals surface area contributed by atoms with Gasteiger partial charge in [-0.05, 0) is 48.4 Å². The monoisotopic (exact) mass is 511 g/mol. The molecule has 0 bridgehead atoms. The Morgan fingerprint density at radius 2 is 1.89 bits per heavy atom. The second-order valence-electron chi connectivity index (χ2n) is 8.32.